The van der Waals surface area contributed by atoms with Gasteiger partial charge < -0.3 is 19.3 Å². The van der Waals surface area contributed by atoms with Gasteiger partial charge in [0.15, 0.2) is 0 Å². The summed E-state index contributed by atoms with van der Waals surface area (Å²) >= 11 is 0. The van der Waals surface area contributed by atoms with Crippen molar-refractivity contribution in [3.8, 4) is 0 Å². The predicted octanol–water partition coefficient (Wildman–Crippen LogP) is 3.33. The molecule has 8 nitrogen and oxygen atoms in total. The van der Waals surface area contributed by atoms with Crippen molar-refractivity contribution in [2.45, 2.75) is 43.8 Å². The van der Waals surface area contributed by atoms with Crippen LogP contribution in [0.25, 0.3) is 0 Å². The Labute approximate surface area is 211 Å². The number of morpholine rings is 1. The lowest BCUT2D eigenvalue weighted by Crippen LogP contribution is -2.67. The molecular formula is C25H27F4N5O3. The standard InChI is InChI=1S/C25H27F4N5O3/c26-18-3-1-16(2-4-18)9-32-14-24(15-32)5-21(6-24)37-23(35)33-10-19-12-36-13-20(11-33)34(19)22-30-7-17(8-31-22)25(27,28)29/h1-4,7-8,19-21H,5-6,9-15H2. The smallest absolute Gasteiger partial charge is 0.419 e. The quantitative estimate of drug-likeness (QED) is 0.572. The molecule has 1 saturated carbocycles. The minimum Gasteiger partial charge on any atom is -0.446 e. The summed E-state index contributed by atoms with van der Waals surface area (Å²) in [5.41, 5.74) is 0.366. The number of piperazine rings is 1. The predicted molar refractivity (Wildman–Crippen MR) is 123 cm³/mol. The highest BCUT2D eigenvalue weighted by molar-refractivity contribution is 5.69. The van der Waals surface area contributed by atoms with Gasteiger partial charge in [0, 0.05) is 50.5 Å². The van der Waals surface area contributed by atoms with Crippen molar-refractivity contribution in [3.63, 3.8) is 0 Å². The molecule has 3 saturated heterocycles. The van der Waals surface area contributed by atoms with Gasteiger partial charge in [0.2, 0.25) is 5.95 Å². The van der Waals surface area contributed by atoms with Crippen molar-refractivity contribution in [1.29, 1.82) is 0 Å². The number of carbonyl (C=O) groups excluding carboxylic acids is 1. The van der Waals surface area contributed by atoms with Gasteiger partial charge in [-0.3, -0.25) is 4.90 Å². The number of fused-ring (bicyclic) bond motifs is 2. The zero-order valence-electron chi connectivity index (χ0n) is 20.0. The Morgan fingerprint density at radius 1 is 1.05 bits per heavy atom. The maximum Gasteiger partial charge on any atom is 0.419 e. The molecule has 0 N–H and O–H groups in total. The number of carbonyl (C=O) groups is 1. The van der Waals surface area contributed by atoms with E-state index < -0.39 is 11.7 Å². The first-order valence-corrected chi connectivity index (χ1v) is 12.4. The van der Waals surface area contributed by atoms with Crippen LogP contribution >= 0.6 is 0 Å². The van der Waals surface area contributed by atoms with Crippen LogP contribution < -0.4 is 4.90 Å². The molecule has 4 aliphatic rings. The van der Waals surface area contributed by atoms with E-state index in [1.807, 2.05) is 4.90 Å². The summed E-state index contributed by atoms with van der Waals surface area (Å²) in [5.74, 6) is -0.0339. The van der Waals surface area contributed by atoms with Crippen LogP contribution in [-0.2, 0) is 22.2 Å². The van der Waals surface area contributed by atoms with Gasteiger partial charge in [-0.05, 0) is 30.5 Å². The highest BCUT2D eigenvalue weighted by Crippen LogP contribution is 2.50. The first-order valence-electron chi connectivity index (χ1n) is 12.4. The first kappa shape index (κ1) is 24.4. The highest BCUT2D eigenvalue weighted by atomic mass is 19.4. The van der Waals surface area contributed by atoms with Crippen LogP contribution in [0.5, 0.6) is 0 Å². The third-order valence-electron chi connectivity index (χ3n) is 7.75. The lowest BCUT2D eigenvalue weighted by molar-refractivity contribution is -0.138. The van der Waals surface area contributed by atoms with Gasteiger partial charge in [0.25, 0.3) is 0 Å². The third-order valence-corrected chi connectivity index (χ3v) is 7.75. The number of amides is 1. The zero-order valence-corrected chi connectivity index (χ0v) is 20.0. The van der Waals surface area contributed by atoms with E-state index in [0.717, 1.165) is 50.4 Å². The van der Waals surface area contributed by atoms with E-state index >= 15 is 0 Å². The summed E-state index contributed by atoms with van der Waals surface area (Å²) in [6.07, 6.45) is -1.76. The van der Waals surface area contributed by atoms with Gasteiger partial charge in [0.05, 0.1) is 30.9 Å². The minimum atomic E-state index is -4.50. The Kier molecular flexibility index (Phi) is 5.98. The second kappa shape index (κ2) is 9.09. The molecule has 2 aromatic rings. The molecule has 37 heavy (non-hydrogen) atoms. The number of hydrogen-bond acceptors (Lipinski definition) is 7. The van der Waals surface area contributed by atoms with Gasteiger partial charge >= 0.3 is 12.3 Å². The number of aromatic nitrogens is 2. The number of nitrogens with zero attached hydrogens (tertiary/aromatic N) is 5. The van der Waals surface area contributed by atoms with Crippen LogP contribution in [0.3, 0.4) is 0 Å². The molecule has 2 atom stereocenters. The number of ether oxygens (including phenoxy) is 2. The molecule has 6 rings (SSSR count). The summed E-state index contributed by atoms with van der Waals surface area (Å²) in [4.78, 5) is 26.6. The lowest BCUT2D eigenvalue weighted by Gasteiger charge is -2.58. The molecule has 2 bridgehead atoms. The van der Waals surface area contributed by atoms with E-state index in [1.165, 1.54) is 12.1 Å². The molecule has 4 fully saturated rings. The largest absolute Gasteiger partial charge is 0.446 e. The van der Waals surface area contributed by atoms with Gasteiger partial charge in [-0.2, -0.15) is 13.2 Å². The van der Waals surface area contributed by atoms with Crippen LogP contribution in [0.2, 0.25) is 0 Å². The van der Waals surface area contributed by atoms with E-state index in [1.54, 1.807) is 17.0 Å². The Morgan fingerprint density at radius 2 is 1.68 bits per heavy atom. The monoisotopic (exact) mass is 521 g/mol. The molecule has 1 aliphatic carbocycles. The molecule has 12 heteroatoms. The van der Waals surface area contributed by atoms with Crippen LogP contribution in [0.15, 0.2) is 36.7 Å². The van der Waals surface area contributed by atoms with Gasteiger partial charge in [-0.15, -0.1) is 0 Å². The second-order valence-corrected chi connectivity index (χ2v) is 10.6. The lowest BCUT2D eigenvalue weighted by atomic mass is 9.61. The maximum atomic E-state index is 13.1. The molecule has 198 valence electrons. The number of rotatable bonds is 4. The Balaban J connectivity index is 0.994. The number of halogens is 4. The van der Waals surface area contributed by atoms with Crippen LogP contribution in [0.1, 0.15) is 24.0 Å². The van der Waals surface area contributed by atoms with E-state index in [2.05, 4.69) is 14.9 Å². The number of likely N-dealkylation sites (tertiary alicyclic amines) is 1. The number of anilines is 1. The Hall–Kier alpha value is -2.99. The summed E-state index contributed by atoms with van der Waals surface area (Å²) in [5, 5.41) is 0. The van der Waals surface area contributed by atoms with Crippen molar-refractivity contribution in [2.24, 2.45) is 5.41 Å². The average molecular weight is 522 g/mol. The van der Waals surface area contributed by atoms with Crippen LogP contribution in [0, 0.1) is 11.2 Å². The summed E-state index contributed by atoms with van der Waals surface area (Å²) in [6, 6.07) is 6.01. The van der Waals surface area contributed by atoms with E-state index in [0.29, 0.717) is 26.3 Å². The van der Waals surface area contributed by atoms with Crippen molar-refractivity contribution in [1.82, 2.24) is 19.8 Å². The number of benzene rings is 1. The van der Waals surface area contributed by atoms with Crippen molar-refractivity contribution in [3.05, 3.63) is 53.6 Å². The van der Waals surface area contributed by atoms with Gasteiger partial charge in [-0.25, -0.2) is 19.2 Å². The molecule has 3 aliphatic heterocycles. The molecule has 1 spiro atoms. The maximum absolute atomic E-state index is 13.1. The molecule has 2 unspecified atom stereocenters. The normalized spacial score (nSPS) is 25.5. The van der Waals surface area contributed by atoms with E-state index in [9.17, 15) is 22.4 Å². The minimum absolute atomic E-state index is 0.118. The molecule has 4 heterocycles. The van der Waals surface area contributed by atoms with Crippen molar-refractivity contribution >= 4 is 12.0 Å². The fourth-order valence-corrected chi connectivity index (χ4v) is 6.07. The number of alkyl halides is 3. The highest BCUT2D eigenvalue weighted by Gasteiger charge is 2.54. The van der Waals surface area contributed by atoms with Crippen molar-refractivity contribution in [2.75, 3.05) is 44.3 Å². The van der Waals surface area contributed by atoms with E-state index in [-0.39, 0.29) is 41.5 Å². The van der Waals surface area contributed by atoms with E-state index in [4.69, 9.17) is 9.47 Å². The average Bonchev–Trinajstić information content (AvgIpc) is 2.81. The molecule has 0 radical (unpaired) electrons. The molecule has 1 aromatic heterocycles. The summed E-state index contributed by atoms with van der Waals surface area (Å²) < 4.78 is 63.2. The Morgan fingerprint density at radius 3 is 2.27 bits per heavy atom. The van der Waals surface area contributed by atoms with Crippen molar-refractivity contribution < 1.29 is 31.8 Å². The fraction of sp³-hybridized carbons (Fsp3) is 0.560. The van der Waals surface area contributed by atoms with Gasteiger partial charge in [0.1, 0.15) is 11.9 Å². The first-order chi connectivity index (χ1) is 17.7. The third kappa shape index (κ3) is 4.84. The van der Waals surface area contributed by atoms with Crippen LogP contribution in [0.4, 0.5) is 28.3 Å². The fourth-order valence-electron chi connectivity index (χ4n) is 6.07. The topological polar surface area (TPSA) is 71.0 Å². The zero-order chi connectivity index (χ0) is 25.8. The SMILES string of the molecule is O=C(OC1CC2(C1)CN(Cc1ccc(F)cc1)C2)N1CC2COCC(C1)N2c1ncc(C(F)(F)F)cn1. The van der Waals surface area contributed by atoms with Crippen LogP contribution in [-0.4, -0.2) is 83.4 Å². The van der Waals surface area contributed by atoms with Gasteiger partial charge in [-0.1, -0.05) is 12.1 Å². The molecule has 1 aromatic carbocycles. The molecular weight excluding hydrogens is 494 g/mol. The summed E-state index contributed by atoms with van der Waals surface area (Å²) in [7, 11) is 0. The molecule has 1 amide bonds. The Bertz CT molecular complexity index is 1120. The second-order valence-electron chi connectivity index (χ2n) is 10.6. The number of hydrogen-bond donors (Lipinski definition) is 0. The summed E-state index contributed by atoms with van der Waals surface area (Å²) in [6.45, 7) is 3.94.